The van der Waals surface area contributed by atoms with Gasteiger partial charge in [-0.15, -0.1) is 0 Å². The van der Waals surface area contributed by atoms with Gasteiger partial charge in [-0.1, -0.05) is 36.8 Å². The minimum Gasteiger partial charge on any atom is -0.337 e. The molecule has 4 nitrogen and oxygen atoms in total. The molecule has 25 heavy (non-hydrogen) atoms. The molecule has 0 spiro atoms. The first-order chi connectivity index (χ1) is 11.8. The Labute approximate surface area is 146 Å². The lowest BCUT2D eigenvalue weighted by molar-refractivity contribution is -0.183. The zero-order chi connectivity index (χ0) is 18.3. The van der Waals surface area contributed by atoms with E-state index in [4.69, 9.17) is 0 Å². The average molecular weight is 357 g/mol. The number of rotatable bonds is 6. The number of urea groups is 1. The summed E-state index contributed by atoms with van der Waals surface area (Å²) in [7, 11) is 1.96. The van der Waals surface area contributed by atoms with Crippen molar-refractivity contribution in [3.8, 4) is 0 Å². The first-order valence-electron chi connectivity index (χ1n) is 8.68. The molecule has 1 saturated carbocycles. The second kappa shape index (κ2) is 9.08. The highest BCUT2D eigenvalue weighted by molar-refractivity contribution is 5.74. The molecular weight excluding hydrogens is 331 g/mol. The summed E-state index contributed by atoms with van der Waals surface area (Å²) in [6, 6.07) is 9.21. The number of carbonyl (C=O) groups is 1. The highest BCUT2D eigenvalue weighted by Crippen LogP contribution is 2.37. The Bertz CT molecular complexity index is 536. The fraction of sp³-hybridized carbons (Fsp3) is 0.611. The Morgan fingerprint density at radius 1 is 1.24 bits per heavy atom. The molecule has 1 aliphatic rings. The van der Waals surface area contributed by atoms with Crippen molar-refractivity contribution in [2.24, 2.45) is 5.92 Å². The second-order valence-corrected chi connectivity index (χ2v) is 6.73. The van der Waals surface area contributed by atoms with Gasteiger partial charge >= 0.3 is 12.2 Å². The number of likely N-dealkylation sites (N-methyl/N-ethyl adjacent to an activating group) is 1. The molecule has 0 heterocycles. The topological polar surface area (TPSA) is 44.4 Å². The van der Waals surface area contributed by atoms with Crippen LogP contribution >= 0.6 is 0 Å². The van der Waals surface area contributed by atoms with E-state index in [0.717, 1.165) is 6.54 Å². The van der Waals surface area contributed by atoms with E-state index in [0.29, 0.717) is 25.9 Å². The smallest absolute Gasteiger partial charge is 0.337 e. The van der Waals surface area contributed by atoms with Gasteiger partial charge < -0.3 is 15.5 Å². The number of hydrogen-bond donors (Lipinski definition) is 2. The lowest BCUT2D eigenvalue weighted by Gasteiger charge is -2.31. The second-order valence-electron chi connectivity index (χ2n) is 6.73. The van der Waals surface area contributed by atoms with Crippen LogP contribution in [0.3, 0.4) is 0 Å². The van der Waals surface area contributed by atoms with Crippen molar-refractivity contribution >= 4 is 6.03 Å². The molecule has 1 aromatic carbocycles. The van der Waals surface area contributed by atoms with Crippen LogP contribution < -0.4 is 10.6 Å². The number of alkyl halides is 3. The van der Waals surface area contributed by atoms with E-state index in [9.17, 15) is 18.0 Å². The lowest BCUT2D eigenvalue weighted by Crippen LogP contribution is -2.47. The van der Waals surface area contributed by atoms with Crippen LogP contribution in [-0.2, 0) is 6.54 Å². The summed E-state index contributed by atoms with van der Waals surface area (Å²) >= 11 is 0. The monoisotopic (exact) mass is 357 g/mol. The third-order valence-corrected chi connectivity index (χ3v) is 4.55. The predicted octanol–water partition coefficient (Wildman–Crippen LogP) is 3.54. The van der Waals surface area contributed by atoms with Crippen molar-refractivity contribution in [2.75, 3.05) is 20.1 Å². The van der Waals surface area contributed by atoms with Gasteiger partial charge in [-0.25, -0.2) is 4.79 Å². The van der Waals surface area contributed by atoms with Gasteiger partial charge in [-0.3, -0.25) is 0 Å². The minimum absolute atomic E-state index is 0.0230. The number of carbonyl (C=O) groups excluding carboxylic acids is 1. The number of amides is 2. The van der Waals surface area contributed by atoms with Gasteiger partial charge in [-0.05, 0) is 31.9 Å². The van der Waals surface area contributed by atoms with Crippen LogP contribution in [0.25, 0.3) is 0 Å². The molecule has 2 rings (SSSR count). The van der Waals surface area contributed by atoms with Crippen LogP contribution in [0.1, 0.15) is 31.2 Å². The van der Waals surface area contributed by atoms with Crippen LogP contribution in [0.5, 0.6) is 0 Å². The summed E-state index contributed by atoms with van der Waals surface area (Å²) in [5.74, 6) is -1.30. The zero-order valence-electron chi connectivity index (χ0n) is 14.5. The Morgan fingerprint density at radius 2 is 1.96 bits per heavy atom. The molecule has 140 valence electrons. The van der Waals surface area contributed by atoms with Gasteiger partial charge in [0.05, 0.1) is 5.92 Å². The van der Waals surface area contributed by atoms with E-state index in [-0.39, 0.29) is 18.9 Å². The molecule has 1 aliphatic carbocycles. The SMILES string of the molecule is CN(CCNC(=O)N[C@H]1CCC[C@@H](C(F)(F)F)C1)Cc1ccccc1. The summed E-state index contributed by atoms with van der Waals surface area (Å²) in [5.41, 5.74) is 1.19. The van der Waals surface area contributed by atoms with E-state index in [1.54, 1.807) is 0 Å². The highest BCUT2D eigenvalue weighted by Gasteiger charge is 2.42. The van der Waals surface area contributed by atoms with Gasteiger partial charge in [0.1, 0.15) is 0 Å². The summed E-state index contributed by atoms with van der Waals surface area (Å²) in [6.45, 7) is 1.89. The van der Waals surface area contributed by atoms with Crippen molar-refractivity contribution in [3.63, 3.8) is 0 Å². The maximum Gasteiger partial charge on any atom is 0.391 e. The maximum absolute atomic E-state index is 12.8. The van der Waals surface area contributed by atoms with Crippen molar-refractivity contribution in [1.29, 1.82) is 0 Å². The van der Waals surface area contributed by atoms with Crippen molar-refractivity contribution < 1.29 is 18.0 Å². The van der Waals surface area contributed by atoms with Crippen LogP contribution in [0, 0.1) is 5.92 Å². The van der Waals surface area contributed by atoms with E-state index in [2.05, 4.69) is 15.5 Å². The van der Waals surface area contributed by atoms with Crippen LogP contribution in [0.4, 0.5) is 18.0 Å². The van der Waals surface area contributed by atoms with Gasteiger partial charge in [0.25, 0.3) is 0 Å². The quantitative estimate of drug-likeness (QED) is 0.818. The van der Waals surface area contributed by atoms with Crippen molar-refractivity contribution in [1.82, 2.24) is 15.5 Å². The molecule has 1 aromatic rings. The largest absolute Gasteiger partial charge is 0.391 e. The van der Waals surface area contributed by atoms with Gasteiger partial charge in [0.2, 0.25) is 0 Å². The Kier molecular flexibility index (Phi) is 7.11. The number of nitrogens with zero attached hydrogens (tertiary/aromatic N) is 1. The summed E-state index contributed by atoms with van der Waals surface area (Å²) < 4.78 is 38.4. The van der Waals surface area contributed by atoms with Gasteiger partial charge in [-0.2, -0.15) is 13.2 Å². The van der Waals surface area contributed by atoms with Gasteiger partial charge in [0.15, 0.2) is 0 Å². The normalized spacial score (nSPS) is 21.2. The predicted molar refractivity (Wildman–Crippen MR) is 91.1 cm³/mol. The summed E-state index contributed by atoms with van der Waals surface area (Å²) in [5, 5.41) is 5.40. The molecule has 0 unspecified atom stereocenters. The molecule has 2 atom stereocenters. The molecule has 0 aromatic heterocycles. The standard InChI is InChI=1S/C18H26F3N3O/c1-24(13-14-6-3-2-4-7-14)11-10-22-17(25)23-16-9-5-8-15(12-16)18(19,20)21/h2-4,6-7,15-16H,5,8-13H2,1H3,(H2,22,23,25)/t15-,16+/m1/s1. The maximum atomic E-state index is 12.8. The molecule has 0 radical (unpaired) electrons. The first-order valence-corrected chi connectivity index (χ1v) is 8.68. The van der Waals surface area contributed by atoms with Gasteiger partial charge in [0, 0.05) is 25.7 Å². The molecular formula is C18H26F3N3O. The fourth-order valence-electron chi connectivity index (χ4n) is 3.19. The molecule has 2 N–H and O–H groups in total. The number of benzene rings is 1. The number of halogens is 3. The van der Waals surface area contributed by atoms with Crippen molar-refractivity contribution in [3.05, 3.63) is 35.9 Å². The van der Waals surface area contributed by atoms with E-state index in [1.807, 2.05) is 37.4 Å². The fourth-order valence-corrected chi connectivity index (χ4v) is 3.19. The Morgan fingerprint density at radius 3 is 2.64 bits per heavy atom. The first kappa shape index (κ1) is 19.6. The van der Waals surface area contributed by atoms with Crippen LogP contribution in [-0.4, -0.2) is 43.3 Å². The molecule has 0 bridgehead atoms. The molecule has 0 aliphatic heterocycles. The zero-order valence-corrected chi connectivity index (χ0v) is 14.5. The van der Waals surface area contributed by atoms with E-state index < -0.39 is 18.1 Å². The lowest BCUT2D eigenvalue weighted by atomic mass is 9.85. The van der Waals surface area contributed by atoms with Crippen molar-refractivity contribution in [2.45, 2.75) is 44.4 Å². The van der Waals surface area contributed by atoms with E-state index in [1.165, 1.54) is 5.56 Å². The average Bonchev–Trinajstić information content (AvgIpc) is 2.55. The Hall–Kier alpha value is -1.76. The van der Waals surface area contributed by atoms with E-state index >= 15 is 0 Å². The molecule has 0 saturated heterocycles. The minimum atomic E-state index is -4.17. The molecule has 2 amide bonds. The summed E-state index contributed by atoms with van der Waals surface area (Å²) in [6.07, 6.45) is -2.93. The molecule has 1 fully saturated rings. The highest BCUT2D eigenvalue weighted by atomic mass is 19.4. The number of nitrogens with one attached hydrogen (secondary N) is 2. The molecule has 7 heteroatoms. The Balaban J connectivity index is 1.65. The third-order valence-electron chi connectivity index (χ3n) is 4.55. The number of hydrogen-bond acceptors (Lipinski definition) is 2. The third kappa shape index (κ3) is 6.94. The van der Waals surface area contributed by atoms with Crippen LogP contribution in [0.15, 0.2) is 30.3 Å². The summed E-state index contributed by atoms with van der Waals surface area (Å²) in [4.78, 5) is 14.0. The van der Waals surface area contributed by atoms with Crippen LogP contribution in [0.2, 0.25) is 0 Å².